The van der Waals surface area contributed by atoms with E-state index in [0.717, 1.165) is 11.0 Å². The van der Waals surface area contributed by atoms with Gasteiger partial charge >= 0.3 is 5.69 Å². The zero-order valence-corrected chi connectivity index (χ0v) is 10.8. The van der Waals surface area contributed by atoms with E-state index in [1.807, 2.05) is 13.8 Å². The standard InChI is InChI=1S/C11H17ClN2O3/c1-3-5-8-9(12)13-11(16)14(10(8)15)6-7-17-4-2/h3-7H2,1-2H3,(H,13,16). The molecule has 0 radical (unpaired) electrons. The van der Waals surface area contributed by atoms with Crippen molar-refractivity contribution in [3.8, 4) is 0 Å². The Hall–Kier alpha value is -1.07. The molecule has 96 valence electrons. The summed E-state index contributed by atoms with van der Waals surface area (Å²) in [7, 11) is 0. The summed E-state index contributed by atoms with van der Waals surface area (Å²) in [6.45, 7) is 4.95. The van der Waals surface area contributed by atoms with Crippen molar-refractivity contribution in [3.63, 3.8) is 0 Å². The van der Waals surface area contributed by atoms with Crippen molar-refractivity contribution in [1.29, 1.82) is 0 Å². The fourth-order valence-corrected chi connectivity index (χ4v) is 1.81. The number of aromatic nitrogens is 2. The third kappa shape index (κ3) is 3.44. The van der Waals surface area contributed by atoms with Crippen LogP contribution in [0.25, 0.3) is 0 Å². The van der Waals surface area contributed by atoms with Gasteiger partial charge in [-0.3, -0.25) is 14.3 Å². The number of rotatable bonds is 6. The van der Waals surface area contributed by atoms with Gasteiger partial charge in [-0.25, -0.2) is 4.79 Å². The lowest BCUT2D eigenvalue weighted by Crippen LogP contribution is -2.38. The number of aromatic amines is 1. The first kappa shape index (κ1) is 14.0. The summed E-state index contributed by atoms with van der Waals surface area (Å²) in [5.74, 6) is 0. The molecule has 0 amide bonds. The Balaban J connectivity index is 3.08. The predicted molar refractivity (Wildman–Crippen MR) is 66.8 cm³/mol. The number of nitrogens with zero attached hydrogens (tertiary/aromatic N) is 1. The highest BCUT2D eigenvalue weighted by Gasteiger charge is 2.11. The lowest BCUT2D eigenvalue weighted by molar-refractivity contribution is 0.137. The summed E-state index contributed by atoms with van der Waals surface area (Å²) in [6, 6.07) is 0. The fraction of sp³-hybridized carbons (Fsp3) is 0.636. The number of hydrogen-bond acceptors (Lipinski definition) is 3. The Labute approximate surface area is 104 Å². The van der Waals surface area contributed by atoms with Crippen LogP contribution in [0.1, 0.15) is 25.8 Å². The summed E-state index contributed by atoms with van der Waals surface area (Å²) in [6.07, 6.45) is 1.36. The van der Waals surface area contributed by atoms with Gasteiger partial charge in [0.05, 0.1) is 18.7 Å². The molecule has 0 atom stereocenters. The first-order valence-corrected chi connectivity index (χ1v) is 6.08. The molecule has 0 spiro atoms. The molecule has 0 saturated heterocycles. The van der Waals surface area contributed by atoms with Gasteiger partial charge in [0.25, 0.3) is 5.56 Å². The number of hydrogen-bond donors (Lipinski definition) is 1. The van der Waals surface area contributed by atoms with Crippen LogP contribution < -0.4 is 11.2 Å². The van der Waals surface area contributed by atoms with E-state index in [4.69, 9.17) is 16.3 Å². The molecule has 1 rings (SSSR count). The van der Waals surface area contributed by atoms with Crippen molar-refractivity contribution >= 4 is 11.6 Å². The van der Waals surface area contributed by atoms with Crippen LogP contribution in [-0.2, 0) is 17.7 Å². The molecular weight excluding hydrogens is 244 g/mol. The third-order valence-electron chi connectivity index (χ3n) is 2.39. The largest absolute Gasteiger partial charge is 0.380 e. The van der Waals surface area contributed by atoms with Gasteiger partial charge in [-0.05, 0) is 13.3 Å². The van der Waals surface area contributed by atoms with Gasteiger partial charge in [0.2, 0.25) is 0 Å². The number of halogens is 1. The van der Waals surface area contributed by atoms with Crippen LogP contribution in [0.15, 0.2) is 9.59 Å². The zero-order chi connectivity index (χ0) is 12.8. The molecule has 1 N–H and O–H groups in total. The van der Waals surface area contributed by atoms with Gasteiger partial charge < -0.3 is 4.74 Å². The van der Waals surface area contributed by atoms with Gasteiger partial charge in [-0.1, -0.05) is 24.9 Å². The molecule has 0 saturated carbocycles. The van der Waals surface area contributed by atoms with Crippen LogP contribution in [0.4, 0.5) is 0 Å². The van der Waals surface area contributed by atoms with Crippen LogP contribution in [0.5, 0.6) is 0 Å². The molecule has 1 aromatic rings. The summed E-state index contributed by atoms with van der Waals surface area (Å²) in [4.78, 5) is 26.1. The lowest BCUT2D eigenvalue weighted by Gasteiger charge is -2.08. The van der Waals surface area contributed by atoms with Crippen LogP contribution in [-0.4, -0.2) is 22.8 Å². The van der Waals surface area contributed by atoms with E-state index in [0.29, 0.717) is 25.2 Å². The quantitative estimate of drug-likeness (QED) is 0.617. The Morgan fingerprint density at radius 2 is 2.06 bits per heavy atom. The summed E-state index contributed by atoms with van der Waals surface area (Å²) in [5, 5.41) is 0.148. The number of H-pyrrole nitrogens is 1. The summed E-state index contributed by atoms with van der Waals surface area (Å²) < 4.78 is 6.26. The highest BCUT2D eigenvalue weighted by Crippen LogP contribution is 2.07. The molecule has 1 aromatic heterocycles. The van der Waals surface area contributed by atoms with Gasteiger partial charge in [0.15, 0.2) is 0 Å². The maximum Gasteiger partial charge on any atom is 0.329 e. The molecule has 17 heavy (non-hydrogen) atoms. The first-order valence-electron chi connectivity index (χ1n) is 5.71. The first-order chi connectivity index (χ1) is 8.11. The molecule has 0 aromatic carbocycles. The molecule has 5 nitrogen and oxygen atoms in total. The third-order valence-corrected chi connectivity index (χ3v) is 2.72. The Kier molecular flexibility index (Phi) is 5.44. The van der Waals surface area contributed by atoms with Crippen molar-refractivity contribution in [2.75, 3.05) is 13.2 Å². The Bertz CT molecular complexity index is 479. The Morgan fingerprint density at radius 3 is 2.65 bits per heavy atom. The molecule has 6 heteroatoms. The van der Waals surface area contributed by atoms with E-state index in [1.54, 1.807) is 0 Å². The smallest absolute Gasteiger partial charge is 0.329 e. The van der Waals surface area contributed by atoms with Crippen molar-refractivity contribution < 1.29 is 4.74 Å². The molecule has 0 fully saturated rings. The van der Waals surface area contributed by atoms with E-state index in [1.165, 1.54) is 0 Å². The monoisotopic (exact) mass is 260 g/mol. The minimum Gasteiger partial charge on any atom is -0.380 e. The molecule has 0 aliphatic carbocycles. The SMILES string of the molecule is CCCc1c(Cl)[nH]c(=O)n(CCOCC)c1=O. The maximum atomic E-state index is 12.0. The second-order valence-electron chi connectivity index (χ2n) is 3.63. The van der Waals surface area contributed by atoms with E-state index in [-0.39, 0.29) is 17.3 Å². The second kappa shape index (κ2) is 6.61. The van der Waals surface area contributed by atoms with Crippen LogP contribution in [0.2, 0.25) is 5.15 Å². The molecule has 0 aliphatic heterocycles. The average molecular weight is 261 g/mol. The zero-order valence-electron chi connectivity index (χ0n) is 10.1. The summed E-state index contributed by atoms with van der Waals surface area (Å²) in [5.41, 5.74) is -0.342. The van der Waals surface area contributed by atoms with Crippen molar-refractivity contribution in [1.82, 2.24) is 9.55 Å². The van der Waals surface area contributed by atoms with Crippen LogP contribution in [0.3, 0.4) is 0 Å². The van der Waals surface area contributed by atoms with Gasteiger partial charge in [-0.15, -0.1) is 0 Å². The van der Waals surface area contributed by atoms with E-state index in [2.05, 4.69) is 4.98 Å². The molecule has 0 unspecified atom stereocenters. The minimum atomic E-state index is -0.487. The topological polar surface area (TPSA) is 64.1 Å². The molecule has 1 heterocycles. The predicted octanol–water partition coefficient (Wildman–Crippen LogP) is 1.18. The van der Waals surface area contributed by atoms with Crippen molar-refractivity contribution in [2.24, 2.45) is 0 Å². The minimum absolute atomic E-state index is 0.148. The normalized spacial score (nSPS) is 10.8. The number of ether oxygens (including phenoxy) is 1. The van der Waals surface area contributed by atoms with Gasteiger partial charge in [0.1, 0.15) is 5.15 Å². The summed E-state index contributed by atoms with van der Waals surface area (Å²) >= 11 is 5.85. The van der Waals surface area contributed by atoms with E-state index >= 15 is 0 Å². The number of nitrogens with one attached hydrogen (secondary N) is 1. The second-order valence-corrected chi connectivity index (χ2v) is 4.00. The fourth-order valence-electron chi connectivity index (χ4n) is 1.56. The van der Waals surface area contributed by atoms with Crippen molar-refractivity contribution in [2.45, 2.75) is 33.2 Å². The van der Waals surface area contributed by atoms with Gasteiger partial charge in [0, 0.05) is 6.61 Å². The van der Waals surface area contributed by atoms with Crippen LogP contribution >= 0.6 is 11.6 Å². The van der Waals surface area contributed by atoms with Gasteiger partial charge in [-0.2, -0.15) is 0 Å². The van der Waals surface area contributed by atoms with Crippen LogP contribution in [0, 0.1) is 0 Å². The van der Waals surface area contributed by atoms with E-state index < -0.39 is 5.69 Å². The molecular formula is C11H17ClN2O3. The average Bonchev–Trinajstić information content (AvgIpc) is 2.29. The van der Waals surface area contributed by atoms with E-state index in [9.17, 15) is 9.59 Å². The molecule has 0 bridgehead atoms. The Morgan fingerprint density at radius 1 is 1.35 bits per heavy atom. The highest BCUT2D eigenvalue weighted by molar-refractivity contribution is 6.30. The van der Waals surface area contributed by atoms with Crippen molar-refractivity contribution in [3.05, 3.63) is 31.6 Å². The maximum absolute atomic E-state index is 12.0. The molecule has 0 aliphatic rings. The lowest BCUT2D eigenvalue weighted by atomic mass is 10.2. The highest BCUT2D eigenvalue weighted by atomic mass is 35.5.